The monoisotopic (exact) mass is 443 g/mol. The lowest BCUT2D eigenvalue weighted by Gasteiger charge is -2.09. The van der Waals surface area contributed by atoms with Gasteiger partial charge in [-0.3, -0.25) is 4.79 Å². The molecule has 0 aliphatic carbocycles. The summed E-state index contributed by atoms with van der Waals surface area (Å²) >= 11 is 0. The summed E-state index contributed by atoms with van der Waals surface area (Å²) in [4.78, 5) is 24.8. The molecule has 2 heterocycles. The number of esters is 1. The first-order valence-electron chi connectivity index (χ1n) is 10.5. The largest absolute Gasteiger partial charge is 0.452 e. The topological polar surface area (TPSA) is 91.0 Å². The predicted molar refractivity (Wildman–Crippen MR) is 125 cm³/mol. The van der Waals surface area contributed by atoms with Crippen molar-refractivity contribution in [1.29, 1.82) is 0 Å². The Balaban J connectivity index is 1.38. The van der Waals surface area contributed by atoms with Crippen LogP contribution in [0.1, 0.15) is 33.0 Å². The highest BCUT2D eigenvalue weighted by Gasteiger charge is 2.17. The number of carbonyl (C=O) groups excluding carboxylic acids is 2. The number of rotatable bonds is 6. The molecule has 0 unspecified atom stereocenters. The highest BCUT2D eigenvalue weighted by Crippen LogP contribution is 2.23. The lowest BCUT2D eigenvalue weighted by Crippen LogP contribution is -2.21. The van der Waals surface area contributed by atoms with Crippen molar-refractivity contribution in [2.24, 2.45) is 0 Å². The minimum absolute atomic E-state index is 0.357. The van der Waals surface area contributed by atoms with Crippen LogP contribution in [0.5, 0.6) is 0 Å². The van der Waals surface area contributed by atoms with E-state index in [1.54, 1.807) is 39.8 Å². The van der Waals surface area contributed by atoms with Gasteiger partial charge in [-0.25, -0.2) is 14.2 Å². The van der Waals surface area contributed by atoms with Gasteiger partial charge in [-0.05, 0) is 70.2 Å². The van der Waals surface area contributed by atoms with Gasteiger partial charge in [-0.15, -0.1) is 0 Å². The molecule has 0 atom stereocenters. The second kappa shape index (κ2) is 9.12. The molecule has 8 heteroatoms. The van der Waals surface area contributed by atoms with Gasteiger partial charge in [0.1, 0.15) is 0 Å². The van der Waals surface area contributed by atoms with Gasteiger partial charge in [-0.2, -0.15) is 10.2 Å². The minimum Gasteiger partial charge on any atom is -0.452 e. The Morgan fingerprint density at radius 1 is 0.879 bits per heavy atom. The van der Waals surface area contributed by atoms with Gasteiger partial charge in [0.05, 0.1) is 34.0 Å². The van der Waals surface area contributed by atoms with Gasteiger partial charge >= 0.3 is 5.97 Å². The Morgan fingerprint density at radius 3 is 2.15 bits per heavy atom. The van der Waals surface area contributed by atoms with Gasteiger partial charge in [0.15, 0.2) is 6.61 Å². The molecule has 4 rings (SSSR count). The molecule has 0 fully saturated rings. The number of nitrogens with zero attached hydrogens (tertiary/aromatic N) is 4. The van der Waals surface area contributed by atoms with E-state index in [1.165, 1.54) is 0 Å². The normalized spacial score (nSPS) is 10.8. The number of hydrogen-bond acceptors (Lipinski definition) is 5. The third kappa shape index (κ3) is 4.69. The van der Waals surface area contributed by atoms with Crippen LogP contribution in [-0.4, -0.2) is 38.0 Å². The van der Waals surface area contributed by atoms with Crippen molar-refractivity contribution in [3.8, 4) is 11.4 Å². The molecule has 0 saturated heterocycles. The van der Waals surface area contributed by atoms with E-state index >= 15 is 0 Å². The van der Waals surface area contributed by atoms with E-state index < -0.39 is 18.5 Å². The van der Waals surface area contributed by atoms with Gasteiger partial charge < -0.3 is 10.1 Å². The third-order valence-corrected chi connectivity index (χ3v) is 5.35. The average Bonchev–Trinajstić information content (AvgIpc) is 3.36. The van der Waals surface area contributed by atoms with E-state index in [0.717, 1.165) is 28.3 Å². The molecule has 0 spiro atoms. The molecule has 4 aromatic rings. The predicted octanol–water partition coefficient (Wildman–Crippen LogP) is 4.09. The Hall–Kier alpha value is -4.20. The van der Waals surface area contributed by atoms with Crippen molar-refractivity contribution in [1.82, 2.24) is 19.6 Å². The average molecular weight is 444 g/mol. The number of carbonyl (C=O) groups is 2. The number of amides is 1. The number of aromatic nitrogens is 4. The van der Waals surface area contributed by atoms with Crippen molar-refractivity contribution >= 4 is 17.6 Å². The van der Waals surface area contributed by atoms with Crippen LogP contribution in [0.2, 0.25) is 0 Å². The van der Waals surface area contributed by atoms with E-state index in [-0.39, 0.29) is 0 Å². The molecule has 0 radical (unpaired) electrons. The summed E-state index contributed by atoms with van der Waals surface area (Å²) < 4.78 is 8.75. The second-order valence-electron chi connectivity index (χ2n) is 7.85. The molecule has 2 aromatic carbocycles. The van der Waals surface area contributed by atoms with Crippen molar-refractivity contribution < 1.29 is 14.3 Å². The molecule has 168 valence electrons. The van der Waals surface area contributed by atoms with Crippen LogP contribution in [0.3, 0.4) is 0 Å². The maximum atomic E-state index is 12.5. The smallest absolute Gasteiger partial charge is 0.338 e. The van der Waals surface area contributed by atoms with Gasteiger partial charge in [0, 0.05) is 11.9 Å². The molecule has 0 aliphatic heterocycles. The van der Waals surface area contributed by atoms with Crippen LogP contribution in [0, 0.1) is 27.7 Å². The number of aryl methyl sites for hydroxylation is 3. The molecule has 33 heavy (non-hydrogen) atoms. The number of anilines is 1. The fourth-order valence-electron chi connectivity index (χ4n) is 3.53. The van der Waals surface area contributed by atoms with E-state index in [4.69, 9.17) is 4.74 Å². The Kier molecular flexibility index (Phi) is 6.08. The summed E-state index contributed by atoms with van der Waals surface area (Å²) in [6, 6.07) is 16.7. The van der Waals surface area contributed by atoms with Crippen LogP contribution >= 0.6 is 0 Å². The molecular weight excluding hydrogens is 418 g/mol. The lowest BCUT2D eigenvalue weighted by molar-refractivity contribution is -0.119. The molecule has 1 amide bonds. The van der Waals surface area contributed by atoms with E-state index in [0.29, 0.717) is 16.9 Å². The Labute approximate surface area is 191 Å². The first kappa shape index (κ1) is 22.0. The van der Waals surface area contributed by atoms with Gasteiger partial charge in [-0.1, -0.05) is 17.7 Å². The maximum Gasteiger partial charge on any atom is 0.338 e. The van der Waals surface area contributed by atoms with Crippen LogP contribution in [0.15, 0.2) is 60.8 Å². The molecule has 0 bridgehead atoms. The fraction of sp³-hybridized carbons (Fsp3) is 0.200. The van der Waals surface area contributed by atoms with Crippen molar-refractivity contribution in [2.75, 3.05) is 11.9 Å². The minimum atomic E-state index is -0.572. The second-order valence-corrected chi connectivity index (χ2v) is 7.85. The zero-order valence-electron chi connectivity index (χ0n) is 19.0. The van der Waals surface area contributed by atoms with Gasteiger partial charge in [0.25, 0.3) is 5.91 Å². The molecule has 8 nitrogen and oxygen atoms in total. The summed E-state index contributed by atoms with van der Waals surface area (Å²) in [6.07, 6.45) is 1.71. The van der Waals surface area contributed by atoms with Crippen LogP contribution in [-0.2, 0) is 9.53 Å². The van der Waals surface area contributed by atoms with Crippen molar-refractivity contribution in [3.05, 3.63) is 89.0 Å². The quantitative estimate of drug-likeness (QED) is 0.453. The summed E-state index contributed by atoms with van der Waals surface area (Å²) in [5, 5.41) is 11.6. The fourth-order valence-corrected chi connectivity index (χ4v) is 3.53. The van der Waals surface area contributed by atoms with Crippen LogP contribution < -0.4 is 5.32 Å². The van der Waals surface area contributed by atoms with Gasteiger partial charge in [0.2, 0.25) is 0 Å². The Bertz CT molecular complexity index is 1300. The third-order valence-electron chi connectivity index (χ3n) is 5.35. The number of benzene rings is 2. The molecule has 1 N–H and O–H groups in total. The zero-order valence-corrected chi connectivity index (χ0v) is 19.0. The number of hydrogen-bond donors (Lipinski definition) is 1. The highest BCUT2D eigenvalue weighted by atomic mass is 16.5. The molecule has 2 aromatic heterocycles. The summed E-state index contributed by atoms with van der Waals surface area (Å²) in [5.41, 5.74) is 6.31. The number of nitrogens with one attached hydrogen (secondary N) is 1. The van der Waals surface area contributed by atoms with E-state index in [1.807, 2.05) is 58.0 Å². The van der Waals surface area contributed by atoms with Crippen molar-refractivity contribution in [2.45, 2.75) is 27.7 Å². The molecular formula is C25H25N5O3. The first-order chi connectivity index (χ1) is 15.8. The molecule has 0 aliphatic rings. The summed E-state index contributed by atoms with van der Waals surface area (Å²) in [5.74, 6) is -1.00. The summed E-state index contributed by atoms with van der Waals surface area (Å²) in [6.45, 7) is 7.27. The van der Waals surface area contributed by atoms with Crippen LogP contribution in [0.4, 0.5) is 5.69 Å². The van der Waals surface area contributed by atoms with Crippen molar-refractivity contribution in [3.63, 3.8) is 0 Å². The zero-order chi connectivity index (χ0) is 23.5. The maximum absolute atomic E-state index is 12.5. The summed E-state index contributed by atoms with van der Waals surface area (Å²) in [7, 11) is 0. The lowest BCUT2D eigenvalue weighted by atomic mass is 10.2. The Morgan fingerprint density at radius 2 is 1.52 bits per heavy atom. The standard InChI is InChI=1S/C25H25N5O3/c1-16-5-9-22(10-6-16)30-19(4)24(18(3)28-30)27-23(31)15-33-25(32)20-7-11-21(12-8-20)29-17(2)13-14-26-29/h5-14H,15H2,1-4H3,(H,27,31). The highest BCUT2D eigenvalue weighted by molar-refractivity contribution is 5.96. The van der Waals surface area contributed by atoms with E-state index in [9.17, 15) is 9.59 Å². The molecule has 0 saturated carbocycles. The van der Waals surface area contributed by atoms with E-state index in [2.05, 4.69) is 15.5 Å². The number of ether oxygens (including phenoxy) is 1. The first-order valence-corrected chi connectivity index (χ1v) is 10.5. The van der Waals surface area contributed by atoms with Crippen LogP contribution in [0.25, 0.3) is 11.4 Å². The SMILES string of the molecule is Cc1ccc(-n2nc(C)c(NC(=O)COC(=O)c3ccc(-n4nccc4C)cc3)c2C)cc1.